The van der Waals surface area contributed by atoms with Crippen LogP contribution in [0.3, 0.4) is 0 Å². The first-order chi connectivity index (χ1) is 13.8. The van der Waals surface area contributed by atoms with Gasteiger partial charge in [0.25, 0.3) is 0 Å². The van der Waals surface area contributed by atoms with E-state index in [1.807, 2.05) is 46.4 Å². The lowest BCUT2D eigenvalue weighted by molar-refractivity contribution is -0.132. The zero-order valence-electron chi connectivity index (χ0n) is 20.1. The number of rotatable bonds is 4. The van der Waals surface area contributed by atoms with Gasteiger partial charge in [0.2, 0.25) is 5.91 Å². The Morgan fingerprint density at radius 2 is 1.67 bits per heavy atom. The lowest BCUT2D eigenvalue weighted by atomic mass is 10.0. The summed E-state index contributed by atoms with van der Waals surface area (Å²) in [5.41, 5.74) is 2.64. The third-order valence-corrected chi connectivity index (χ3v) is 5.49. The SMILES string of the molecule is CC(=O)N(C(C)C)C(C)c1cc(C)c(C)nc1N1CCN(C(=O)OC(C)(C)C)CC1. The minimum Gasteiger partial charge on any atom is -0.444 e. The average molecular weight is 419 g/mol. The van der Waals surface area contributed by atoms with Gasteiger partial charge in [0, 0.05) is 50.4 Å². The fourth-order valence-electron chi connectivity index (χ4n) is 3.94. The number of carbonyl (C=O) groups excluding carboxylic acids is 2. The molecule has 1 fully saturated rings. The topological polar surface area (TPSA) is 66.0 Å². The summed E-state index contributed by atoms with van der Waals surface area (Å²) >= 11 is 0. The van der Waals surface area contributed by atoms with Crippen molar-refractivity contribution in [3.8, 4) is 0 Å². The molecule has 2 rings (SSSR count). The number of piperazine rings is 1. The van der Waals surface area contributed by atoms with Gasteiger partial charge in [0.05, 0.1) is 6.04 Å². The number of aromatic nitrogens is 1. The van der Waals surface area contributed by atoms with Crippen molar-refractivity contribution in [2.24, 2.45) is 0 Å². The van der Waals surface area contributed by atoms with Gasteiger partial charge in [-0.1, -0.05) is 0 Å². The molecule has 0 bridgehead atoms. The maximum absolute atomic E-state index is 12.4. The number of ether oxygens (including phenoxy) is 1. The molecule has 0 saturated carbocycles. The highest BCUT2D eigenvalue weighted by Crippen LogP contribution is 2.32. The predicted molar refractivity (Wildman–Crippen MR) is 120 cm³/mol. The molecule has 7 heteroatoms. The lowest BCUT2D eigenvalue weighted by Gasteiger charge is -2.39. The molecule has 0 N–H and O–H groups in total. The highest BCUT2D eigenvalue weighted by molar-refractivity contribution is 5.74. The summed E-state index contributed by atoms with van der Waals surface area (Å²) in [6.45, 7) is 20.0. The van der Waals surface area contributed by atoms with E-state index in [4.69, 9.17) is 9.72 Å². The fourth-order valence-corrected chi connectivity index (χ4v) is 3.94. The van der Waals surface area contributed by atoms with E-state index in [2.05, 4.69) is 24.8 Å². The summed E-state index contributed by atoms with van der Waals surface area (Å²) in [7, 11) is 0. The Balaban J connectivity index is 2.27. The highest BCUT2D eigenvalue weighted by atomic mass is 16.6. The summed E-state index contributed by atoms with van der Waals surface area (Å²) in [6, 6.07) is 2.16. The molecule has 2 heterocycles. The number of nitrogens with zero attached hydrogens (tertiary/aromatic N) is 4. The van der Waals surface area contributed by atoms with E-state index in [9.17, 15) is 9.59 Å². The number of hydrogen-bond donors (Lipinski definition) is 0. The van der Waals surface area contributed by atoms with Crippen LogP contribution >= 0.6 is 0 Å². The third-order valence-electron chi connectivity index (χ3n) is 5.49. The standard InChI is InChI=1S/C23H38N4O3/c1-15(2)27(19(6)28)18(5)20-14-16(3)17(4)24-21(20)25-10-12-26(13-11-25)22(29)30-23(7,8)9/h14-15,18H,10-13H2,1-9H3. The molecule has 1 saturated heterocycles. The van der Waals surface area contributed by atoms with Gasteiger partial charge >= 0.3 is 6.09 Å². The molecule has 1 aliphatic heterocycles. The molecular weight excluding hydrogens is 380 g/mol. The quantitative estimate of drug-likeness (QED) is 0.737. The molecule has 2 amide bonds. The molecule has 168 valence electrons. The van der Waals surface area contributed by atoms with E-state index < -0.39 is 5.60 Å². The van der Waals surface area contributed by atoms with Crippen LogP contribution in [0, 0.1) is 13.8 Å². The minimum atomic E-state index is -0.501. The molecule has 30 heavy (non-hydrogen) atoms. The zero-order valence-corrected chi connectivity index (χ0v) is 20.1. The van der Waals surface area contributed by atoms with Gasteiger partial charge in [-0.05, 0) is 67.0 Å². The maximum Gasteiger partial charge on any atom is 0.410 e. The second-order valence-electron chi connectivity index (χ2n) is 9.45. The average Bonchev–Trinajstić information content (AvgIpc) is 2.61. The molecule has 0 aliphatic carbocycles. The Kier molecular flexibility index (Phi) is 7.37. The van der Waals surface area contributed by atoms with Gasteiger partial charge in [-0.15, -0.1) is 0 Å². The molecule has 1 aromatic rings. The number of amides is 2. The van der Waals surface area contributed by atoms with Crippen molar-refractivity contribution in [2.45, 2.75) is 80.0 Å². The minimum absolute atomic E-state index is 0.0522. The van der Waals surface area contributed by atoms with Crippen LogP contribution in [0.1, 0.15) is 71.3 Å². The summed E-state index contributed by atoms with van der Waals surface area (Å²) in [6.07, 6.45) is -0.272. The van der Waals surface area contributed by atoms with Crippen LogP contribution in [0.15, 0.2) is 6.07 Å². The predicted octanol–water partition coefficient (Wildman–Crippen LogP) is 4.07. The van der Waals surface area contributed by atoms with Gasteiger partial charge in [0.15, 0.2) is 0 Å². The first-order valence-electron chi connectivity index (χ1n) is 10.8. The van der Waals surface area contributed by atoms with Crippen molar-refractivity contribution >= 4 is 17.8 Å². The molecule has 0 radical (unpaired) electrons. The van der Waals surface area contributed by atoms with E-state index in [0.717, 1.165) is 22.6 Å². The number of pyridine rings is 1. The summed E-state index contributed by atoms with van der Waals surface area (Å²) in [4.78, 5) is 35.5. The Hall–Kier alpha value is -2.31. The first-order valence-corrected chi connectivity index (χ1v) is 10.8. The van der Waals surface area contributed by atoms with Crippen molar-refractivity contribution in [3.05, 3.63) is 22.9 Å². The molecule has 1 atom stereocenters. The molecular formula is C23H38N4O3. The number of hydrogen-bond acceptors (Lipinski definition) is 5. The van der Waals surface area contributed by atoms with E-state index in [-0.39, 0.29) is 24.1 Å². The molecule has 7 nitrogen and oxygen atoms in total. The van der Waals surface area contributed by atoms with Gasteiger partial charge in [0.1, 0.15) is 11.4 Å². The van der Waals surface area contributed by atoms with Gasteiger partial charge < -0.3 is 19.4 Å². The van der Waals surface area contributed by atoms with E-state index >= 15 is 0 Å². The van der Waals surface area contributed by atoms with E-state index in [0.29, 0.717) is 26.2 Å². The monoisotopic (exact) mass is 418 g/mol. The summed E-state index contributed by atoms with van der Waals surface area (Å²) < 4.78 is 5.51. The Morgan fingerprint density at radius 1 is 1.10 bits per heavy atom. The third kappa shape index (κ3) is 5.64. The van der Waals surface area contributed by atoms with Crippen LogP contribution in [0.2, 0.25) is 0 Å². The van der Waals surface area contributed by atoms with Crippen LogP contribution in [0.5, 0.6) is 0 Å². The van der Waals surface area contributed by atoms with Gasteiger partial charge in [-0.2, -0.15) is 0 Å². The summed E-state index contributed by atoms with van der Waals surface area (Å²) in [5, 5.41) is 0. The van der Waals surface area contributed by atoms with E-state index in [1.165, 1.54) is 0 Å². The van der Waals surface area contributed by atoms with Crippen LogP contribution in [0.4, 0.5) is 10.6 Å². The van der Waals surface area contributed by atoms with Crippen molar-refractivity contribution in [3.63, 3.8) is 0 Å². The Bertz CT molecular complexity index is 777. The van der Waals surface area contributed by atoms with Crippen molar-refractivity contribution in [1.29, 1.82) is 0 Å². The largest absolute Gasteiger partial charge is 0.444 e. The van der Waals surface area contributed by atoms with Crippen LogP contribution in [-0.4, -0.2) is 64.6 Å². The number of carbonyl (C=O) groups is 2. The second kappa shape index (κ2) is 9.23. The van der Waals surface area contributed by atoms with Crippen molar-refractivity contribution < 1.29 is 14.3 Å². The van der Waals surface area contributed by atoms with Gasteiger partial charge in [-0.3, -0.25) is 4.79 Å². The molecule has 0 aromatic carbocycles. The lowest BCUT2D eigenvalue weighted by Crippen LogP contribution is -2.50. The summed E-state index contributed by atoms with van der Waals surface area (Å²) in [5.74, 6) is 0.956. The zero-order chi connectivity index (χ0) is 22.8. The Morgan fingerprint density at radius 3 is 2.13 bits per heavy atom. The van der Waals surface area contributed by atoms with Crippen LogP contribution in [0.25, 0.3) is 0 Å². The normalized spacial score (nSPS) is 15.9. The maximum atomic E-state index is 12.4. The molecule has 1 unspecified atom stereocenters. The smallest absolute Gasteiger partial charge is 0.410 e. The van der Waals surface area contributed by atoms with Crippen molar-refractivity contribution in [2.75, 3.05) is 31.1 Å². The first kappa shape index (κ1) is 24.0. The van der Waals surface area contributed by atoms with Gasteiger partial charge in [-0.25, -0.2) is 9.78 Å². The Labute approximate surface area is 181 Å². The molecule has 0 spiro atoms. The number of anilines is 1. The molecule has 1 aliphatic rings. The fraction of sp³-hybridized carbons (Fsp3) is 0.696. The molecule has 1 aromatic heterocycles. The van der Waals surface area contributed by atoms with Crippen molar-refractivity contribution in [1.82, 2.24) is 14.8 Å². The number of aryl methyl sites for hydroxylation is 2. The van der Waals surface area contributed by atoms with E-state index in [1.54, 1.807) is 11.8 Å². The van der Waals surface area contributed by atoms with Crippen LogP contribution in [-0.2, 0) is 9.53 Å². The highest BCUT2D eigenvalue weighted by Gasteiger charge is 2.30. The second-order valence-corrected chi connectivity index (χ2v) is 9.45. The van der Waals surface area contributed by atoms with Crippen LogP contribution < -0.4 is 4.90 Å².